The Labute approximate surface area is 124 Å². The number of rotatable bonds is 2. The summed E-state index contributed by atoms with van der Waals surface area (Å²) in [4.78, 5) is 7.22. The highest BCUT2D eigenvalue weighted by molar-refractivity contribution is 6.32. The fourth-order valence-electron chi connectivity index (χ4n) is 3.01. The second-order valence-electron chi connectivity index (χ2n) is 5.36. The number of nitrogens with zero attached hydrogens (tertiary/aromatic N) is 2. The molecule has 3 rings (SSSR count). The summed E-state index contributed by atoms with van der Waals surface area (Å²) in [5.41, 5.74) is 5.28. The summed E-state index contributed by atoms with van der Waals surface area (Å²) in [6.07, 6.45) is 0.943. The number of aliphatic hydroxyl groups is 1. The number of halogens is 1. The van der Waals surface area contributed by atoms with E-state index in [1.54, 1.807) is 0 Å². The second-order valence-corrected chi connectivity index (χ2v) is 5.77. The van der Waals surface area contributed by atoms with E-state index in [2.05, 4.69) is 11.8 Å². The lowest BCUT2D eigenvalue weighted by molar-refractivity contribution is 0.252. The van der Waals surface area contributed by atoms with E-state index >= 15 is 0 Å². The van der Waals surface area contributed by atoms with E-state index in [4.69, 9.17) is 16.6 Å². The first-order valence-electron chi connectivity index (χ1n) is 7.08. The highest BCUT2D eigenvalue weighted by Crippen LogP contribution is 2.32. The average Bonchev–Trinajstić information content (AvgIpc) is 2.48. The number of likely N-dealkylation sites (N-methyl/N-ethyl adjacent to an activating group) is 1. The molecule has 0 saturated carbocycles. The van der Waals surface area contributed by atoms with Crippen molar-refractivity contribution in [2.75, 3.05) is 13.1 Å². The van der Waals surface area contributed by atoms with E-state index in [1.807, 2.05) is 19.1 Å². The van der Waals surface area contributed by atoms with Crippen LogP contribution in [-0.2, 0) is 19.6 Å². The van der Waals surface area contributed by atoms with Gasteiger partial charge in [-0.3, -0.25) is 9.88 Å². The molecule has 1 aromatic heterocycles. The van der Waals surface area contributed by atoms with Gasteiger partial charge in [-0.05, 0) is 36.2 Å². The van der Waals surface area contributed by atoms with Crippen molar-refractivity contribution in [1.82, 2.24) is 9.88 Å². The molecule has 20 heavy (non-hydrogen) atoms. The van der Waals surface area contributed by atoms with Gasteiger partial charge in [0.25, 0.3) is 0 Å². The van der Waals surface area contributed by atoms with Crippen molar-refractivity contribution in [3.05, 3.63) is 39.5 Å². The van der Waals surface area contributed by atoms with Crippen molar-refractivity contribution < 1.29 is 5.11 Å². The summed E-state index contributed by atoms with van der Waals surface area (Å²) in [5, 5.41) is 11.6. The van der Waals surface area contributed by atoms with Crippen LogP contribution in [-0.4, -0.2) is 28.1 Å². The smallest absolute Gasteiger partial charge is 0.0753 e. The molecule has 2 heterocycles. The lowest BCUT2D eigenvalue weighted by Crippen LogP contribution is -2.31. The maximum absolute atomic E-state index is 9.83. The van der Waals surface area contributed by atoms with Gasteiger partial charge >= 0.3 is 0 Å². The molecule has 0 saturated heterocycles. The van der Waals surface area contributed by atoms with Crippen LogP contribution in [0.15, 0.2) is 12.1 Å². The van der Waals surface area contributed by atoms with E-state index in [0.29, 0.717) is 0 Å². The molecule has 0 unspecified atom stereocenters. The van der Waals surface area contributed by atoms with Gasteiger partial charge in [-0.25, -0.2) is 0 Å². The largest absolute Gasteiger partial charge is 0.392 e. The third-order valence-electron chi connectivity index (χ3n) is 4.30. The minimum absolute atomic E-state index is 0.0555. The maximum Gasteiger partial charge on any atom is 0.0753 e. The maximum atomic E-state index is 9.83. The van der Waals surface area contributed by atoms with E-state index in [1.165, 1.54) is 5.56 Å². The van der Waals surface area contributed by atoms with Crippen molar-refractivity contribution in [1.29, 1.82) is 0 Å². The van der Waals surface area contributed by atoms with Crippen molar-refractivity contribution >= 4 is 22.5 Å². The Kier molecular flexibility index (Phi) is 3.67. The molecular weight excluding hydrogens is 272 g/mol. The number of hydrogen-bond donors (Lipinski definition) is 1. The molecular formula is C16H19ClN2O. The Morgan fingerprint density at radius 2 is 2.20 bits per heavy atom. The Morgan fingerprint density at radius 3 is 2.90 bits per heavy atom. The van der Waals surface area contributed by atoms with Crippen molar-refractivity contribution in [3.8, 4) is 0 Å². The van der Waals surface area contributed by atoms with E-state index < -0.39 is 0 Å². The normalized spacial score (nSPS) is 15.6. The van der Waals surface area contributed by atoms with Crippen LogP contribution in [0.4, 0.5) is 0 Å². The fourth-order valence-corrected chi connectivity index (χ4v) is 3.17. The summed E-state index contributed by atoms with van der Waals surface area (Å²) in [6.45, 7) is 7.16. The van der Waals surface area contributed by atoms with Gasteiger partial charge in [0.2, 0.25) is 0 Å². The zero-order valence-corrected chi connectivity index (χ0v) is 12.7. The molecule has 0 atom stereocenters. The molecule has 4 heteroatoms. The van der Waals surface area contributed by atoms with Crippen LogP contribution >= 0.6 is 11.6 Å². The van der Waals surface area contributed by atoms with Crippen LogP contribution in [0, 0.1) is 6.92 Å². The van der Waals surface area contributed by atoms with E-state index in [9.17, 15) is 5.11 Å². The first-order valence-corrected chi connectivity index (χ1v) is 7.46. The molecule has 0 fully saturated rings. The lowest BCUT2D eigenvalue weighted by Gasteiger charge is -2.29. The van der Waals surface area contributed by atoms with E-state index in [0.717, 1.165) is 58.8 Å². The van der Waals surface area contributed by atoms with Crippen LogP contribution < -0.4 is 0 Å². The summed E-state index contributed by atoms with van der Waals surface area (Å²) in [7, 11) is 0. The molecule has 0 spiro atoms. The number of pyridine rings is 1. The highest BCUT2D eigenvalue weighted by atomic mass is 35.5. The number of hydrogen-bond acceptors (Lipinski definition) is 3. The molecule has 1 aliphatic heterocycles. The van der Waals surface area contributed by atoms with Gasteiger partial charge in [-0.2, -0.15) is 0 Å². The number of benzene rings is 1. The number of aromatic nitrogens is 1. The Morgan fingerprint density at radius 1 is 1.40 bits per heavy atom. The molecule has 1 N–H and O–H groups in total. The first-order chi connectivity index (χ1) is 9.65. The van der Waals surface area contributed by atoms with Gasteiger partial charge in [-0.15, -0.1) is 0 Å². The van der Waals surface area contributed by atoms with Crippen LogP contribution in [0.3, 0.4) is 0 Å². The topological polar surface area (TPSA) is 36.4 Å². The van der Waals surface area contributed by atoms with Crippen LogP contribution in [0.2, 0.25) is 5.02 Å². The summed E-state index contributed by atoms with van der Waals surface area (Å²) in [6, 6.07) is 3.88. The highest BCUT2D eigenvalue weighted by Gasteiger charge is 2.22. The minimum atomic E-state index is 0.0555. The summed E-state index contributed by atoms with van der Waals surface area (Å²) < 4.78 is 0. The average molecular weight is 291 g/mol. The quantitative estimate of drug-likeness (QED) is 0.923. The standard InChI is InChI=1S/C16H19ClN2O/c1-3-19-7-6-15-12(8-19)13(9-20)11-4-5-14(17)10(2)16(11)18-15/h4-5,20H,3,6-9H2,1-2H3. The number of aryl methyl sites for hydroxylation is 1. The Hall–Kier alpha value is -1.16. The first kappa shape index (κ1) is 13.8. The Balaban J connectivity index is 2.28. The summed E-state index contributed by atoms with van der Waals surface area (Å²) >= 11 is 6.20. The van der Waals surface area contributed by atoms with E-state index in [-0.39, 0.29) is 6.61 Å². The monoisotopic (exact) mass is 290 g/mol. The molecule has 106 valence electrons. The second kappa shape index (κ2) is 5.32. The molecule has 0 aliphatic carbocycles. The van der Waals surface area contributed by atoms with Crippen LogP contribution in [0.25, 0.3) is 10.9 Å². The molecule has 1 aromatic carbocycles. The van der Waals surface area contributed by atoms with Crippen molar-refractivity contribution in [2.24, 2.45) is 0 Å². The van der Waals surface area contributed by atoms with Gasteiger partial charge in [-0.1, -0.05) is 24.6 Å². The van der Waals surface area contributed by atoms with Gasteiger partial charge in [0.15, 0.2) is 0 Å². The molecule has 3 nitrogen and oxygen atoms in total. The molecule has 0 radical (unpaired) electrons. The molecule has 1 aliphatic rings. The molecule has 0 amide bonds. The van der Waals surface area contributed by atoms with Crippen molar-refractivity contribution in [3.63, 3.8) is 0 Å². The zero-order chi connectivity index (χ0) is 14.3. The van der Waals surface area contributed by atoms with Crippen LogP contribution in [0.1, 0.15) is 29.3 Å². The van der Waals surface area contributed by atoms with Crippen molar-refractivity contribution in [2.45, 2.75) is 33.4 Å². The van der Waals surface area contributed by atoms with Gasteiger partial charge < -0.3 is 5.11 Å². The third-order valence-corrected chi connectivity index (χ3v) is 4.71. The molecule has 2 aromatic rings. The predicted molar refractivity (Wildman–Crippen MR) is 82.1 cm³/mol. The minimum Gasteiger partial charge on any atom is -0.392 e. The molecule has 0 bridgehead atoms. The number of fused-ring (bicyclic) bond motifs is 2. The van der Waals surface area contributed by atoms with Gasteiger partial charge in [0.05, 0.1) is 12.1 Å². The van der Waals surface area contributed by atoms with Crippen LogP contribution in [0.5, 0.6) is 0 Å². The zero-order valence-electron chi connectivity index (χ0n) is 11.9. The fraction of sp³-hybridized carbons (Fsp3) is 0.438. The predicted octanol–water partition coefficient (Wildman–Crippen LogP) is 3.07. The Bertz CT molecular complexity index is 669. The summed E-state index contributed by atoms with van der Waals surface area (Å²) in [5.74, 6) is 0. The third kappa shape index (κ3) is 2.10. The SMILES string of the molecule is CCN1CCc2nc3c(C)c(Cl)ccc3c(CO)c2C1. The lowest BCUT2D eigenvalue weighted by atomic mass is 9.95. The van der Waals surface area contributed by atoms with Gasteiger partial charge in [0, 0.05) is 35.6 Å². The van der Waals surface area contributed by atoms with Gasteiger partial charge in [0.1, 0.15) is 0 Å². The number of aliphatic hydroxyl groups excluding tert-OH is 1.